The molecular formula is C25H26N2O5S. The number of anilines is 1. The summed E-state index contributed by atoms with van der Waals surface area (Å²) in [6, 6.07) is 20.7. The Morgan fingerprint density at radius 3 is 2.39 bits per heavy atom. The van der Waals surface area contributed by atoms with Crippen LogP contribution in [0.15, 0.2) is 77.7 Å². The van der Waals surface area contributed by atoms with Gasteiger partial charge in [0.05, 0.1) is 17.1 Å². The predicted molar refractivity (Wildman–Crippen MR) is 127 cm³/mol. The van der Waals surface area contributed by atoms with Gasteiger partial charge >= 0.3 is 0 Å². The maximum atomic E-state index is 13.2. The van der Waals surface area contributed by atoms with E-state index in [0.29, 0.717) is 30.3 Å². The molecule has 0 fully saturated rings. The molecule has 1 unspecified atom stereocenters. The molecule has 172 valence electrons. The molecule has 33 heavy (non-hydrogen) atoms. The van der Waals surface area contributed by atoms with Crippen LogP contribution in [0, 0.1) is 6.92 Å². The minimum Gasteiger partial charge on any atom is -0.486 e. The molecule has 7 nitrogen and oxygen atoms in total. The van der Waals surface area contributed by atoms with Crippen molar-refractivity contribution < 1.29 is 22.7 Å². The third-order valence-corrected chi connectivity index (χ3v) is 7.31. The Morgan fingerprint density at radius 1 is 0.970 bits per heavy atom. The summed E-state index contributed by atoms with van der Waals surface area (Å²) in [5.41, 5.74) is 1.87. The number of benzene rings is 3. The molecule has 0 bridgehead atoms. The summed E-state index contributed by atoms with van der Waals surface area (Å²) >= 11 is 0. The minimum absolute atomic E-state index is 0.0519. The van der Waals surface area contributed by atoms with E-state index < -0.39 is 10.0 Å². The topological polar surface area (TPSA) is 76.2 Å². The zero-order valence-corrected chi connectivity index (χ0v) is 19.6. The van der Waals surface area contributed by atoms with E-state index >= 15 is 0 Å². The number of likely N-dealkylation sites (N-methyl/N-ethyl adjacent to an activating group) is 1. The Bertz CT molecular complexity index is 1260. The number of carbonyl (C=O) groups excluding carboxylic acids is 1. The lowest BCUT2D eigenvalue weighted by Crippen LogP contribution is -2.41. The van der Waals surface area contributed by atoms with E-state index in [1.165, 1.54) is 28.4 Å². The number of ether oxygens (including phenoxy) is 2. The number of nitrogens with zero attached hydrogens (tertiary/aromatic N) is 2. The molecule has 0 saturated heterocycles. The van der Waals surface area contributed by atoms with Crippen LogP contribution in [-0.4, -0.2) is 52.6 Å². The second-order valence-corrected chi connectivity index (χ2v) is 9.99. The van der Waals surface area contributed by atoms with Gasteiger partial charge in [0.2, 0.25) is 0 Å². The van der Waals surface area contributed by atoms with Crippen molar-refractivity contribution in [2.75, 3.05) is 31.6 Å². The van der Waals surface area contributed by atoms with Crippen LogP contribution in [0.25, 0.3) is 0 Å². The van der Waals surface area contributed by atoms with E-state index in [9.17, 15) is 13.2 Å². The highest BCUT2D eigenvalue weighted by molar-refractivity contribution is 7.92. The van der Waals surface area contributed by atoms with Crippen molar-refractivity contribution in [3.8, 4) is 11.5 Å². The van der Waals surface area contributed by atoms with E-state index in [-0.39, 0.29) is 22.5 Å². The summed E-state index contributed by atoms with van der Waals surface area (Å²) in [5, 5.41) is 0. The Kier molecular flexibility index (Phi) is 6.29. The van der Waals surface area contributed by atoms with Crippen molar-refractivity contribution in [1.82, 2.24) is 4.90 Å². The molecule has 0 aromatic heterocycles. The van der Waals surface area contributed by atoms with Crippen molar-refractivity contribution in [3.63, 3.8) is 0 Å². The van der Waals surface area contributed by atoms with Crippen LogP contribution in [0.2, 0.25) is 0 Å². The summed E-state index contributed by atoms with van der Waals surface area (Å²) in [6.07, 6.45) is -0.326. The molecule has 0 saturated carbocycles. The van der Waals surface area contributed by atoms with Gasteiger partial charge in [-0.3, -0.25) is 9.10 Å². The van der Waals surface area contributed by atoms with Crippen LogP contribution in [-0.2, 0) is 10.0 Å². The van der Waals surface area contributed by atoms with Crippen molar-refractivity contribution in [1.29, 1.82) is 0 Å². The molecule has 1 heterocycles. The summed E-state index contributed by atoms with van der Waals surface area (Å²) in [5.74, 6) is 1.02. The molecule has 0 N–H and O–H groups in total. The number of rotatable bonds is 6. The van der Waals surface area contributed by atoms with Gasteiger partial charge in [-0.15, -0.1) is 0 Å². The molecular weight excluding hydrogens is 440 g/mol. The second kappa shape index (κ2) is 9.15. The smallest absolute Gasteiger partial charge is 0.264 e. The fourth-order valence-electron chi connectivity index (χ4n) is 3.60. The average Bonchev–Trinajstić information content (AvgIpc) is 2.83. The number of sulfonamides is 1. The lowest BCUT2D eigenvalue weighted by molar-refractivity contribution is 0.0521. The largest absolute Gasteiger partial charge is 0.486 e. The maximum Gasteiger partial charge on any atom is 0.264 e. The van der Waals surface area contributed by atoms with Crippen molar-refractivity contribution in [3.05, 3.63) is 83.9 Å². The Hall–Kier alpha value is -3.52. The van der Waals surface area contributed by atoms with Crippen molar-refractivity contribution in [2.45, 2.75) is 17.9 Å². The Balaban J connectivity index is 1.48. The van der Waals surface area contributed by atoms with Gasteiger partial charge < -0.3 is 14.4 Å². The zero-order chi connectivity index (χ0) is 23.6. The zero-order valence-electron chi connectivity index (χ0n) is 18.8. The van der Waals surface area contributed by atoms with Crippen molar-refractivity contribution in [2.24, 2.45) is 0 Å². The van der Waals surface area contributed by atoms with E-state index in [2.05, 4.69) is 0 Å². The van der Waals surface area contributed by atoms with Crippen LogP contribution in [0.5, 0.6) is 11.5 Å². The molecule has 0 aliphatic carbocycles. The van der Waals surface area contributed by atoms with E-state index in [1.54, 1.807) is 31.3 Å². The van der Waals surface area contributed by atoms with Crippen LogP contribution in [0.1, 0.15) is 15.9 Å². The van der Waals surface area contributed by atoms with Gasteiger partial charge in [-0.2, -0.15) is 0 Å². The normalized spacial score (nSPS) is 15.1. The molecule has 1 aliphatic heterocycles. The van der Waals surface area contributed by atoms with Gasteiger partial charge in [-0.1, -0.05) is 35.9 Å². The molecule has 3 aromatic carbocycles. The lowest BCUT2D eigenvalue weighted by Gasteiger charge is -2.29. The number of hydrogen-bond acceptors (Lipinski definition) is 5. The van der Waals surface area contributed by atoms with Gasteiger partial charge in [0.15, 0.2) is 17.6 Å². The fourth-order valence-corrected chi connectivity index (χ4v) is 4.84. The summed E-state index contributed by atoms with van der Waals surface area (Å²) < 4.78 is 39.2. The quantitative estimate of drug-likeness (QED) is 0.553. The van der Waals surface area contributed by atoms with Gasteiger partial charge in [0.25, 0.3) is 15.9 Å². The Morgan fingerprint density at radius 2 is 1.67 bits per heavy atom. The van der Waals surface area contributed by atoms with Crippen molar-refractivity contribution >= 4 is 21.6 Å². The molecule has 1 atom stereocenters. The highest BCUT2D eigenvalue weighted by Gasteiger charge is 2.26. The van der Waals surface area contributed by atoms with Crippen LogP contribution < -0.4 is 13.8 Å². The predicted octanol–water partition coefficient (Wildman–Crippen LogP) is 3.73. The standard InChI is InChI=1S/C25H26N2O5S/c1-18-11-13-20(14-12-18)27(3)33(29,30)22-8-6-7-19(15-22)25(28)26(2)16-21-17-31-23-9-4-5-10-24(23)32-21/h4-15,21H,16-17H2,1-3H3. The SMILES string of the molecule is Cc1ccc(N(C)S(=O)(=O)c2cccc(C(=O)N(C)CC3COc4ccccc4O3)c2)cc1. The fraction of sp³-hybridized carbons (Fsp3) is 0.240. The lowest BCUT2D eigenvalue weighted by atomic mass is 10.2. The number of aryl methyl sites for hydroxylation is 1. The average molecular weight is 467 g/mol. The van der Waals surface area contributed by atoms with Gasteiger partial charge in [-0.25, -0.2) is 8.42 Å². The van der Waals surface area contributed by atoms with E-state index in [4.69, 9.17) is 9.47 Å². The first-order valence-corrected chi connectivity index (χ1v) is 12.0. The number of hydrogen-bond donors (Lipinski definition) is 0. The van der Waals surface area contributed by atoms with Gasteiger partial charge in [0, 0.05) is 19.7 Å². The third-order valence-electron chi connectivity index (χ3n) is 5.53. The summed E-state index contributed by atoms with van der Waals surface area (Å²) in [6.45, 7) is 2.56. The molecule has 1 amide bonds. The van der Waals surface area contributed by atoms with Crippen LogP contribution >= 0.6 is 0 Å². The Labute approximate surface area is 194 Å². The van der Waals surface area contributed by atoms with E-state index in [1.807, 2.05) is 43.3 Å². The first kappa shape index (κ1) is 22.7. The first-order valence-electron chi connectivity index (χ1n) is 10.6. The maximum absolute atomic E-state index is 13.2. The molecule has 1 aliphatic rings. The van der Waals surface area contributed by atoms with E-state index in [0.717, 1.165) is 5.56 Å². The second-order valence-electron chi connectivity index (χ2n) is 8.02. The summed E-state index contributed by atoms with van der Waals surface area (Å²) in [7, 11) is -0.672. The van der Waals surface area contributed by atoms with Crippen LogP contribution in [0.3, 0.4) is 0 Å². The highest BCUT2D eigenvalue weighted by Crippen LogP contribution is 2.31. The number of fused-ring (bicyclic) bond motifs is 1. The van der Waals surface area contributed by atoms with Gasteiger partial charge in [-0.05, 0) is 49.4 Å². The van der Waals surface area contributed by atoms with Gasteiger partial charge in [0.1, 0.15) is 6.61 Å². The molecule has 0 spiro atoms. The number of para-hydroxylation sites is 2. The summed E-state index contributed by atoms with van der Waals surface area (Å²) in [4.78, 5) is 14.6. The molecule has 4 rings (SSSR count). The molecule has 3 aromatic rings. The third kappa shape index (κ3) is 4.80. The molecule has 8 heteroatoms. The first-order chi connectivity index (χ1) is 15.8. The van der Waals surface area contributed by atoms with Crippen LogP contribution in [0.4, 0.5) is 5.69 Å². The highest BCUT2D eigenvalue weighted by atomic mass is 32.2. The number of amides is 1. The minimum atomic E-state index is -3.83. The monoisotopic (exact) mass is 466 g/mol. The molecule has 0 radical (unpaired) electrons. The number of carbonyl (C=O) groups is 1.